The molecule has 0 saturated carbocycles. The SMILES string of the molecule is Cc1cc(CNc2cc(F)c(Br)cc2F)oc1C(=O)O. The molecule has 0 radical (unpaired) electrons. The van der Waals surface area contributed by atoms with E-state index in [1.54, 1.807) is 6.92 Å². The Morgan fingerprint density at radius 2 is 2.05 bits per heavy atom. The second-order valence-corrected chi connectivity index (χ2v) is 4.98. The average Bonchev–Trinajstić information content (AvgIpc) is 2.74. The Morgan fingerprint density at radius 1 is 1.35 bits per heavy atom. The molecule has 2 aromatic rings. The maximum absolute atomic E-state index is 13.6. The number of carboxylic acids is 1. The predicted octanol–water partition coefficient (Wildman–Crippen LogP) is 3.94. The number of carboxylic acid groups (broad SMARTS) is 1. The van der Waals surface area contributed by atoms with Crippen LogP contribution in [0.5, 0.6) is 0 Å². The average molecular weight is 346 g/mol. The van der Waals surface area contributed by atoms with Gasteiger partial charge in [-0.05, 0) is 35.0 Å². The molecule has 1 aromatic carbocycles. The van der Waals surface area contributed by atoms with Crippen LogP contribution in [0.2, 0.25) is 0 Å². The summed E-state index contributed by atoms with van der Waals surface area (Å²) in [6.07, 6.45) is 0. The number of anilines is 1. The van der Waals surface area contributed by atoms with E-state index in [0.717, 1.165) is 12.1 Å². The van der Waals surface area contributed by atoms with Crippen molar-refractivity contribution in [1.82, 2.24) is 0 Å². The highest BCUT2D eigenvalue weighted by atomic mass is 79.9. The number of furan rings is 1. The van der Waals surface area contributed by atoms with Crippen molar-refractivity contribution in [2.75, 3.05) is 5.32 Å². The summed E-state index contributed by atoms with van der Waals surface area (Å²) in [5.74, 6) is -2.24. The summed E-state index contributed by atoms with van der Waals surface area (Å²) in [5.41, 5.74) is 0.438. The molecular formula is C13H10BrF2NO3. The molecule has 0 bridgehead atoms. The van der Waals surface area contributed by atoms with Gasteiger partial charge in [-0.25, -0.2) is 13.6 Å². The Kier molecular flexibility index (Phi) is 4.08. The number of aromatic carboxylic acids is 1. The van der Waals surface area contributed by atoms with Gasteiger partial charge in [0.2, 0.25) is 5.76 Å². The van der Waals surface area contributed by atoms with E-state index >= 15 is 0 Å². The second-order valence-electron chi connectivity index (χ2n) is 4.13. The van der Waals surface area contributed by atoms with Crippen molar-refractivity contribution in [3.8, 4) is 0 Å². The van der Waals surface area contributed by atoms with Crippen LogP contribution in [0.1, 0.15) is 21.9 Å². The summed E-state index contributed by atoms with van der Waals surface area (Å²) >= 11 is 2.88. The molecule has 0 amide bonds. The summed E-state index contributed by atoms with van der Waals surface area (Å²) in [4.78, 5) is 10.8. The molecule has 0 aliphatic carbocycles. The standard InChI is InChI=1S/C13H10BrF2NO3/c1-6-2-7(20-12(6)13(18)19)5-17-11-4-9(15)8(14)3-10(11)16/h2-4,17H,5H2,1H3,(H,18,19). The maximum atomic E-state index is 13.6. The fourth-order valence-electron chi connectivity index (χ4n) is 1.69. The fraction of sp³-hybridized carbons (Fsp3) is 0.154. The van der Waals surface area contributed by atoms with Crippen LogP contribution in [-0.2, 0) is 6.54 Å². The molecule has 0 spiro atoms. The largest absolute Gasteiger partial charge is 0.475 e. The third-order valence-electron chi connectivity index (χ3n) is 2.63. The predicted molar refractivity (Wildman–Crippen MR) is 71.8 cm³/mol. The number of hydrogen-bond donors (Lipinski definition) is 2. The molecule has 106 valence electrons. The zero-order chi connectivity index (χ0) is 14.9. The first kappa shape index (κ1) is 14.5. The molecule has 0 atom stereocenters. The molecule has 0 unspecified atom stereocenters. The molecule has 0 fully saturated rings. The molecule has 0 aliphatic heterocycles. The number of rotatable bonds is 4. The van der Waals surface area contributed by atoms with E-state index in [1.807, 2.05) is 0 Å². The maximum Gasteiger partial charge on any atom is 0.372 e. The van der Waals surface area contributed by atoms with E-state index in [4.69, 9.17) is 9.52 Å². The lowest BCUT2D eigenvalue weighted by Crippen LogP contribution is -2.01. The van der Waals surface area contributed by atoms with Crippen molar-refractivity contribution < 1.29 is 23.1 Å². The molecule has 20 heavy (non-hydrogen) atoms. The van der Waals surface area contributed by atoms with Crippen LogP contribution >= 0.6 is 15.9 Å². The number of nitrogens with one attached hydrogen (secondary N) is 1. The summed E-state index contributed by atoms with van der Waals surface area (Å²) in [6, 6.07) is 3.55. The third-order valence-corrected chi connectivity index (χ3v) is 3.23. The molecule has 1 heterocycles. The highest BCUT2D eigenvalue weighted by molar-refractivity contribution is 9.10. The monoisotopic (exact) mass is 345 g/mol. The lowest BCUT2D eigenvalue weighted by Gasteiger charge is -2.06. The van der Waals surface area contributed by atoms with Crippen LogP contribution in [0.15, 0.2) is 27.1 Å². The lowest BCUT2D eigenvalue weighted by molar-refractivity contribution is 0.0659. The quantitative estimate of drug-likeness (QED) is 0.824. The highest BCUT2D eigenvalue weighted by Gasteiger charge is 2.15. The highest BCUT2D eigenvalue weighted by Crippen LogP contribution is 2.24. The molecule has 1 aromatic heterocycles. The number of benzene rings is 1. The van der Waals surface area contributed by atoms with Crippen LogP contribution < -0.4 is 5.32 Å². The van der Waals surface area contributed by atoms with Crippen LogP contribution in [0.3, 0.4) is 0 Å². The summed E-state index contributed by atoms with van der Waals surface area (Å²) in [6.45, 7) is 1.64. The van der Waals surface area contributed by atoms with Gasteiger partial charge in [-0.15, -0.1) is 0 Å². The summed E-state index contributed by atoms with van der Waals surface area (Å²) < 4.78 is 32.0. The fourth-order valence-corrected chi connectivity index (χ4v) is 2.00. The van der Waals surface area contributed by atoms with Gasteiger partial charge < -0.3 is 14.8 Å². The first-order chi connectivity index (χ1) is 9.38. The topological polar surface area (TPSA) is 62.5 Å². The van der Waals surface area contributed by atoms with E-state index < -0.39 is 17.6 Å². The molecule has 0 aliphatic rings. The van der Waals surface area contributed by atoms with Crippen LogP contribution in [0.25, 0.3) is 0 Å². The van der Waals surface area contributed by atoms with Crippen molar-refractivity contribution in [3.05, 3.63) is 51.4 Å². The zero-order valence-corrected chi connectivity index (χ0v) is 11.9. The van der Waals surface area contributed by atoms with Crippen LogP contribution in [0, 0.1) is 18.6 Å². The number of hydrogen-bond acceptors (Lipinski definition) is 3. The number of halogens is 3. The van der Waals surface area contributed by atoms with E-state index in [-0.39, 0.29) is 22.5 Å². The normalized spacial score (nSPS) is 10.6. The van der Waals surface area contributed by atoms with Crippen molar-refractivity contribution in [1.29, 1.82) is 0 Å². The minimum absolute atomic E-state index is 0.0301. The van der Waals surface area contributed by atoms with Gasteiger partial charge in [-0.3, -0.25) is 0 Å². The van der Waals surface area contributed by atoms with Crippen LogP contribution in [-0.4, -0.2) is 11.1 Å². The first-order valence-corrected chi connectivity index (χ1v) is 6.39. The Bertz CT molecular complexity index is 670. The van der Waals surface area contributed by atoms with E-state index in [9.17, 15) is 13.6 Å². The van der Waals surface area contributed by atoms with Gasteiger partial charge in [-0.2, -0.15) is 0 Å². The van der Waals surface area contributed by atoms with Crippen molar-refractivity contribution in [3.63, 3.8) is 0 Å². The number of aryl methyl sites for hydroxylation is 1. The molecular weight excluding hydrogens is 336 g/mol. The Labute approximate surface area is 121 Å². The van der Waals surface area contributed by atoms with Gasteiger partial charge in [0, 0.05) is 11.6 Å². The van der Waals surface area contributed by atoms with E-state index in [1.165, 1.54) is 6.07 Å². The first-order valence-electron chi connectivity index (χ1n) is 5.59. The molecule has 4 nitrogen and oxygen atoms in total. The van der Waals surface area contributed by atoms with Crippen LogP contribution in [0.4, 0.5) is 14.5 Å². The molecule has 0 saturated heterocycles. The van der Waals surface area contributed by atoms with Crippen molar-refractivity contribution >= 4 is 27.6 Å². The smallest absolute Gasteiger partial charge is 0.372 e. The second kappa shape index (κ2) is 5.62. The zero-order valence-electron chi connectivity index (χ0n) is 10.3. The summed E-state index contributed by atoms with van der Waals surface area (Å²) in [7, 11) is 0. The lowest BCUT2D eigenvalue weighted by atomic mass is 10.2. The Morgan fingerprint density at radius 3 is 2.65 bits per heavy atom. The van der Waals surface area contributed by atoms with Gasteiger partial charge in [0.15, 0.2) is 0 Å². The summed E-state index contributed by atoms with van der Waals surface area (Å²) in [5, 5.41) is 11.5. The van der Waals surface area contributed by atoms with E-state index in [0.29, 0.717) is 11.3 Å². The van der Waals surface area contributed by atoms with Gasteiger partial charge in [0.05, 0.1) is 16.7 Å². The molecule has 2 N–H and O–H groups in total. The van der Waals surface area contributed by atoms with Crippen molar-refractivity contribution in [2.45, 2.75) is 13.5 Å². The van der Waals surface area contributed by atoms with Gasteiger partial charge in [-0.1, -0.05) is 0 Å². The van der Waals surface area contributed by atoms with Crippen molar-refractivity contribution in [2.24, 2.45) is 0 Å². The molecule has 7 heteroatoms. The van der Waals surface area contributed by atoms with Gasteiger partial charge >= 0.3 is 5.97 Å². The Balaban J connectivity index is 2.15. The number of carbonyl (C=O) groups is 1. The molecule has 2 rings (SSSR count). The van der Waals surface area contributed by atoms with Gasteiger partial charge in [0.1, 0.15) is 17.4 Å². The minimum atomic E-state index is -1.17. The Hall–Kier alpha value is -1.89. The third kappa shape index (κ3) is 2.98. The van der Waals surface area contributed by atoms with Gasteiger partial charge in [0.25, 0.3) is 0 Å². The minimum Gasteiger partial charge on any atom is -0.475 e. The van der Waals surface area contributed by atoms with E-state index in [2.05, 4.69) is 21.2 Å².